The molecule has 1 heterocycles. The van der Waals surface area contributed by atoms with Gasteiger partial charge in [0.05, 0.1) is 5.56 Å². The Kier molecular flexibility index (Phi) is 4.49. The minimum absolute atomic E-state index is 0.00968. The van der Waals surface area contributed by atoms with E-state index in [1.165, 1.54) is 13.8 Å². The fraction of sp³-hybridized carbons (Fsp3) is 0.438. The van der Waals surface area contributed by atoms with Gasteiger partial charge in [-0.15, -0.1) is 0 Å². The maximum atomic E-state index is 12.9. The van der Waals surface area contributed by atoms with E-state index in [0.717, 1.165) is 5.56 Å². The fourth-order valence-corrected chi connectivity index (χ4v) is 2.32. The van der Waals surface area contributed by atoms with Gasteiger partial charge >= 0.3 is 11.9 Å². The highest BCUT2D eigenvalue weighted by atomic mass is 16.6. The van der Waals surface area contributed by atoms with Crippen molar-refractivity contribution in [2.45, 2.75) is 20.8 Å². The minimum Gasteiger partial charge on any atom is -0.491 e. The van der Waals surface area contributed by atoms with E-state index in [9.17, 15) is 14.4 Å². The molecule has 0 bridgehead atoms. The lowest BCUT2D eigenvalue weighted by atomic mass is 9.79. The van der Waals surface area contributed by atoms with Crippen molar-refractivity contribution in [2.75, 3.05) is 19.8 Å². The van der Waals surface area contributed by atoms with E-state index in [1.807, 2.05) is 13.0 Å². The van der Waals surface area contributed by atoms with Crippen molar-refractivity contribution < 1.29 is 28.6 Å². The van der Waals surface area contributed by atoms with E-state index in [0.29, 0.717) is 11.3 Å². The number of aryl methyl sites for hydroxylation is 1. The Hall–Kier alpha value is -2.37. The summed E-state index contributed by atoms with van der Waals surface area (Å²) in [5.41, 5.74) is 0.0444. The van der Waals surface area contributed by atoms with E-state index >= 15 is 0 Å². The molecule has 0 N–H and O–H groups in total. The summed E-state index contributed by atoms with van der Waals surface area (Å²) in [6.45, 7) is 3.96. The number of hydrogen-bond donors (Lipinski definition) is 0. The van der Waals surface area contributed by atoms with Crippen molar-refractivity contribution >= 4 is 17.7 Å². The third kappa shape index (κ3) is 3.10. The number of Topliss-reactive ketones (excluding diaryl/α,β-unsaturated/α-hetero) is 1. The summed E-state index contributed by atoms with van der Waals surface area (Å²) in [4.78, 5) is 35.0. The number of benzene rings is 1. The number of carbonyl (C=O) groups is 3. The molecule has 1 aromatic rings. The lowest BCUT2D eigenvalue weighted by molar-refractivity contribution is -0.150. The van der Waals surface area contributed by atoms with Crippen LogP contribution in [-0.2, 0) is 19.1 Å². The Morgan fingerprint density at radius 1 is 1.18 bits per heavy atom. The molecule has 1 aromatic carbocycles. The van der Waals surface area contributed by atoms with Crippen LogP contribution in [0.15, 0.2) is 18.2 Å². The van der Waals surface area contributed by atoms with Crippen LogP contribution >= 0.6 is 0 Å². The first-order valence-electron chi connectivity index (χ1n) is 6.90. The molecule has 1 aliphatic rings. The molecule has 0 saturated carbocycles. The average Bonchev–Trinajstić information content (AvgIpc) is 2.46. The topological polar surface area (TPSA) is 78.9 Å². The number of hydrogen-bond acceptors (Lipinski definition) is 6. The van der Waals surface area contributed by atoms with Crippen LogP contribution < -0.4 is 4.74 Å². The SMILES string of the molecule is CC(=O)OCC1(COC(C)=O)COc2c(C)cccc2C1=O. The van der Waals surface area contributed by atoms with Gasteiger partial charge < -0.3 is 14.2 Å². The molecule has 0 fully saturated rings. The van der Waals surface area contributed by atoms with Crippen LogP contribution in [-0.4, -0.2) is 37.5 Å². The second-order valence-electron chi connectivity index (χ2n) is 5.41. The van der Waals surface area contributed by atoms with Gasteiger partial charge in [0.1, 0.15) is 31.0 Å². The summed E-state index contributed by atoms with van der Waals surface area (Å²) < 4.78 is 15.7. The van der Waals surface area contributed by atoms with Gasteiger partial charge in [0.2, 0.25) is 0 Å². The Morgan fingerprint density at radius 2 is 1.77 bits per heavy atom. The molecule has 0 unspecified atom stereocenters. The van der Waals surface area contributed by atoms with Crippen LogP contribution in [0.25, 0.3) is 0 Å². The van der Waals surface area contributed by atoms with E-state index in [1.54, 1.807) is 12.1 Å². The highest BCUT2D eigenvalue weighted by Crippen LogP contribution is 2.37. The third-order valence-corrected chi connectivity index (χ3v) is 3.53. The van der Waals surface area contributed by atoms with Crippen LogP contribution in [0.5, 0.6) is 5.75 Å². The molecule has 0 radical (unpaired) electrons. The lowest BCUT2D eigenvalue weighted by Crippen LogP contribution is -2.48. The Bertz CT molecular complexity index is 601. The maximum absolute atomic E-state index is 12.9. The molecule has 0 amide bonds. The summed E-state index contributed by atoms with van der Waals surface area (Å²) in [5.74, 6) is -0.746. The molecule has 2 rings (SSSR count). The standard InChI is InChI=1S/C16H18O6/c1-10-5-4-6-13-14(10)22-9-16(15(13)19,7-20-11(2)17)8-21-12(3)18/h4-6H,7-9H2,1-3H3. The van der Waals surface area contributed by atoms with Gasteiger partial charge in [-0.05, 0) is 18.6 Å². The fourth-order valence-electron chi connectivity index (χ4n) is 2.32. The monoisotopic (exact) mass is 306 g/mol. The van der Waals surface area contributed by atoms with Gasteiger partial charge in [-0.1, -0.05) is 12.1 Å². The van der Waals surface area contributed by atoms with E-state index in [-0.39, 0.29) is 25.6 Å². The van der Waals surface area contributed by atoms with Crippen molar-refractivity contribution in [3.63, 3.8) is 0 Å². The average molecular weight is 306 g/mol. The van der Waals surface area contributed by atoms with E-state index in [4.69, 9.17) is 14.2 Å². The zero-order chi connectivity index (χ0) is 16.3. The molecular weight excluding hydrogens is 288 g/mol. The third-order valence-electron chi connectivity index (χ3n) is 3.53. The first-order valence-corrected chi connectivity index (χ1v) is 6.90. The summed E-state index contributed by atoms with van der Waals surface area (Å²) in [6.07, 6.45) is 0. The van der Waals surface area contributed by atoms with Gasteiger partial charge in [0.15, 0.2) is 5.78 Å². The summed E-state index contributed by atoms with van der Waals surface area (Å²) in [6, 6.07) is 5.25. The zero-order valence-corrected chi connectivity index (χ0v) is 12.8. The van der Waals surface area contributed by atoms with Crippen LogP contribution in [0.3, 0.4) is 0 Å². The van der Waals surface area contributed by atoms with Gasteiger partial charge in [-0.25, -0.2) is 0 Å². The number of ether oxygens (including phenoxy) is 3. The molecule has 6 nitrogen and oxygen atoms in total. The van der Waals surface area contributed by atoms with Gasteiger partial charge in [0, 0.05) is 13.8 Å². The number of ketones is 1. The second-order valence-corrected chi connectivity index (χ2v) is 5.41. The smallest absolute Gasteiger partial charge is 0.302 e. The molecular formula is C16H18O6. The van der Waals surface area contributed by atoms with Gasteiger partial charge in [-0.3, -0.25) is 14.4 Å². The number of fused-ring (bicyclic) bond motifs is 1. The van der Waals surface area contributed by atoms with Crippen LogP contribution in [0, 0.1) is 12.3 Å². The maximum Gasteiger partial charge on any atom is 0.302 e. The zero-order valence-electron chi connectivity index (χ0n) is 12.8. The van der Waals surface area contributed by atoms with Crippen molar-refractivity contribution in [1.29, 1.82) is 0 Å². The second kappa shape index (κ2) is 6.17. The molecule has 1 aliphatic heterocycles. The molecule has 0 spiro atoms. The van der Waals surface area contributed by atoms with Crippen LogP contribution in [0.2, 0.25) is 0 Å². The Labute approximate surface area is 128 Å². The van der Waals surface area contributed by atoms with Gasteiger partial charge in [-0.2, -0.15) is 0 Å². The first kappa shape index (κ1) is 16.0. The van der Waals surface area contributed by atoms with E-state index in [2.05, 4.69) is 0 Å². The number of carbonyl (C=O) groups excluding carboxylic acids is 3. The molecule has 0 atom stereocenters. The van der Waals surface area contributed by atoms with Crippen LogP contribution in [0.1, 0.15) is 29.8 Å². The number of rotatable bonds is 4. The molecule has 118 valence electrons. The first-order chi connectivity index (χ1) is 10.4. The molecule has 0 aromatic heterocycles. The highest BCUT2D eigenvalue weighted by Gasteiger charge is 2.47. The summed E-state index contributed by atoms with van der Waals surface area (Å²) >= 11 is 0. The molecule has 6 heteroatoms. The quantitative estimate of drug-likeness (QED) is 0.788. The van der Waals surface area contributed by atoms with Crippen molar-refractivity contribution in [2.24, 2.45) is 5.41 Å². The predicted octanol–water partition coefficient (Wildman–Crippen LogP) is 1.68. The Morgan fingerprint density at radius 3 is 2.32 bits per heavy atom. The van der Waals surface area contributed by atoms with E-state index < -0.39 is 17.4 Å². The molecule has 0 saturated heterocycles. The van der Waals surface area contributed by atoms with Crippen molar-refractivity contribution in [3.8, 4) is 5.75 Å². The van der Waals surface area contributed by atoms with Crippen LogP contribution in [0.4, 0.5) is 0 Å². The molecule has 0 aliphatic carbocycles. The normalized spacial score (nSPS) is 15.5. The highest BCUT2D eigenvalue weighted by molar-refractivity contribution is 6.04. The van der Waals surface area contributed by atoms with Crippen molar-refractivity contribution in [3.05, 3.63) is 29.3 Å². The summed E-state index contributed by atoms with van der Waals surface area (Å²) in [5, 5.41) is 0. The number of para-hydroxylation sites is 1. The molecule has 22 heavy (non-hydrogen) atoms. The predicted molar refractivity (Wildman–Crippen MR) is 76.7 cm³/mol. The van der Waals surface area contributed by atoms with Gasteiger partial charge in [0.25, 0.3) is 0 Å². The largest absolute Gasteiger partial charge is 0.491 e. The number of esters is 2. The summed E-state index contributed by atoms with van der Waals surface area (Å²) in [7, 11) is 0. The van der Waals surface area contributed by atoms with Crippen molar-refractivity contribution in [1.82, 2.24) is 0 Å². The minimum atomic E-state index is -1.21. The lowest BCUT2D eigenvalue weighted by Gasteiger charge is -2.35. The Balaban J connectivity index is 2.35.